The molecule has 2 aromatic rings. The van der Waals surface area contributed by atoms with E-state index >= 15 is 0 Å². The van der Waals surface area contributed by atoms with Crippen LogP contribution in [0.15, 0.2) is 36.9 Å². The molecule has 1 amide bonds. The molecular formula is C18H20N4O3. The average Bonchev–Trinajstić information content (AvgIpc) is 3.29. The van der Waals surface area contributed by atoms with Crippen LogP contribution >= 0.6 is 0 Å². The number of carboxylic acid groups (broad SMARTS) is 1. The number of likely N-dealkylation sites (tertiary alicyclic amines) is 1. The Bertz CT molecular complexity index is 772. The summed E-state index contributed by atoms with van der Waals surface area (Å²) in [6.07, 6.45) is 7.86. The van der Waals surface area contributed by atoms with Gasteiger partial charge in [0.2, 0.25) is 0 Å². The van der Waals surface area contributed by atoms with Crippen LogP contribution in [-0.4, -0.2) is 48.7 Å². The van der Waals surface area contributed by atoms with Gasteiger partial charge in [-0.3, -0.25) is 9.36 Å². The average molecular weight is 340 g/mol. The van der Waals surface area contributed by atoms with E-state index in [0.717, 1.165) is 31.4 Å². The van der Waals surface area contributed by atoms with Crippen LogP contribution in [0.2, 0.25) is 0 Å². The molecule has 1 saturated carbocycles. The lowest BCUT2D eigenvalue weighted by Crippen LogP contribution is -2.46. The third-order valence-corrected chi connectivity index (χ3v) is 5.44. The highest BCUT2D eigenvalue weighted by Crippen LogP contribution is 2.40. The number of rotatable bonds is 3. The zero-order valence-electron chi connectivity index (χ0n) is 13.8. The lowest BCUT2D eigenvalue weighted by atomic mass is 9.84. The Morgan fingerprint density at radius 2 is 1.72 bits per heavy atom. The van der Waals surface area contributed by atoms with Crippen molar-refractivity contribution in [2.24, 2.45) is 5.92 Å². The summed E-state index contributed by atoms with van der Waals surface area (Å²) < 4.78 is 1.75. The number of aliphatic carboxylic acids is 1. The highest BCUT2D eigenvalue weighted by Gasteiger charge is 2.47. The summed E-state index contributed by atoms with van der Waals surface area (Å²) in [5.74, 6) is -0.768. The summed E-state index contributed by atoms with van der Waals surface area (Å²) in [5, 5.41) is 17.1. The first-order chi connectivity index (χ1) is 12.1. The summed E-state index contributed by atoms with van der Waals surface area (Å²) in [6.45, 7) is 0. The van der Waals surface area contributed by atoms with Gasteiger partial charge < -0.3 is 10.0 Å². The third kappa shape index (κ3) is 2.79. The van der Waals surface area contributed by atoms with Crippen LogP contribution in [0.1, 0.15) is 42.5 Å². The van der Waals surface area contributed by atoms with Gasteiger partial charge in [0.05, 0.1) is 0 Å². The van der Waals surface area contributed by atoms with Gasteiger partial charge in [-0.25, -0.2) is 4.79 Å². The van der Waals surface area contributed by atoms with Crippen molar-refractivity contribution < 1.29 is 14.7 Å². The molecule has 0 radical (unpaired) electrons. The fourth-order valence-electron chi connectivity index (χ4n) is 4.23. The molecule has 0 bridgehead atoms. The zero-order chi connectivity index (χ0) is 17.4. The molecule has 1 aromatic heterocycles. The highest BCUT2D eigenvalue weighted by atomic mass is 16.4. The van der Waals surface area contributed by atoms with Gasteiger partial charge in [0.15, 0.2) is 0 Å². The summed E-state index contributed by atoms with van der Waals surface area (Å²) in [7, 11) is 0. The normalized spacial score (nSPS) is 25.6. The number of benzene rings is 1. The summed E-state index contributed by atoms with van der Waals surface area (Å²) in [4.78, 5) is 26.4. The standard InChI is InChI=1S/C18H20N4O3/c23-17(12-5-7-14(8-6-12)21-10-19-20-11-21)22-15-4-2-1-3-13(15)9-16(22)18(24)25/h5-8,10-11,13,15-16H,1-4,9H2,(H,24,25)/t13-,15+,16+/m1/s1. The first-order valence-electron chi connectivity index (χ1n) is 8.65. The van der Waals surface area contributed by atoms with E-state index in [0.29, 0.717) is 17.9 Å². The van der Waals surface area contributed by atoms with Crippen molar-refractivity contribution in [3.8, 4) is 5.69 Å². The molecule has 1 aliphatic carbocycles. The van der Waals surface area contributed by atoms with Gasteiger partial charge in [0.1, 0.15) is 18.7 Å². The van der Waals surface area contributed by atoms with Gasteiger partial charge in [-0.05, 0) is 49.4 Å². The maximum Gasteiger partial charge on any atom is 0.326 e. The number of amides is 1. The first kappa shape index (κ1) is 15.8. The van der Waals surface area contributed by atoms with Crippen molar-refractivity contribution in [3.05, 3.63) is 42.5 Å². The molecule has 1 aliphatic heterocycles. The van der Waals surface area contributed by atoms with Crippen LogP contribution in [0.25, 0.3) is 5.69 Å². The van der Waals surface area contributed by atoms with Crippen LogP contribution < -0.4 is 0 Å². The molecular weight excluding hydrogens is 320 g/mol. The van der Waals surface area contributed by atoms with Crippen molar-refractivity contribution in [3.63, 3.8) is 0 Å². The Hall–Kier alpha value is -2.70. The van der Waals surface area contributed by atoms with Crippen molar-refractivity contribution in [2.45, 2.75) is 44.2 Å². The molecule has 7 nitrogen and oxygen atoms in total. The molecule has 1 saturated heterocycles. The molecule has 25 heavy (non-hydrogen) atoms. The number of hydrogen-bond donors (Lipinski definition) is 1. The molecule has 130 valence electrons. The van der Waals surface area contributed by atoms with E-state index in [-0.39, 0.29) is 11.9 Å². The Morgan fingerprint density at radius 1 is 1.04 bits per heavy atom. The largest absolute Gasteiger partial charge is 0.480 e. The van der Waals surface area contributed by atoms with Gasteiger partial charge in [0.25, 0.3) is 5.91 Å². The number of nitrogens with zero attached hydrogens (tertiary/aromatic N) is 4. The lowest BCUT2D eigenvalue weighted by molar-refractivity contribution is -0.141. The van der Waals surface area contributed by atoms with E-state index in [4.69, 9.17) is 0 Å². The maximum absolute atomic E-state index is 13.0. The third-order valence-electron chi connectivity index (χ3n) is 5.44. The number of carbonyl (C=O) groups excluding carboxylic acids is 1. The SMILES string of the molecule is O=C(O)[C@@H]1C[C@H]2CCCC[C@@H]2N1C(=O)c1ccc(-n2cnnc2)cc1. The van der Waals surface area contributed by atoms with Gasteiger partial charge in [0, 0.05) is 17.3 Å². The number of fused-ring (bicyclic) bond motifs is 1. The molecule has 3 atom stereocenters. The Morgan fingerprint density at radius 3 is 2.40 bits per heavy atom. The van der Waals surface area contributed by atoms with Crippen molar-refractivity contribution in [1.82, 2.24) is 19.7 Å². The van der Waals surface area contributed by atoms with E-state index < -0.39 is 12.0 Å². The van der Waals surface area contributed by atoms with Gasteiger partial charge in [-0.2, -0.15) is 0 Å². The van der Waals surface area contributed by atoms with Crippen LogP contribution in [-0.2, 0) is 4.79 Å². The van der Waals surface area contributed by atoms with E-state index in [1.165, 1.54) is 0 Å². The molecule has 2 aliphatic rings. The smallest absolute Gasteiger partial charge is 0.326 e. The van der Waals surface area contributed by atoms with Crippen molar-refractivity contribution in [2.75, 3.05) is 0 Å². The minimum atomic E-state index is -0.899. The minimum absolute atomic E-state index is 0.0554. The molecule has 4 rings (SSSR count). The second kappa shape index (κ2) is 6.31. The topological polar surface area (TPSA) is 88.3 Å². The van der Waals surface area contributed by atoms with Crippen LogP contribution in [0.4, 0.5) is 0 Å². The van der Waals surface area contributed by atoms with E-state index in [1.807, 2.05) is 12.1 Å². The summed E-state index contributed by atoms with van der Waals surface area (Å²) in [5.41, 5.74) is 1.38. The number of carbonyl (C=O) groups is 2. The summed E-state index contributed by atoms with van der Waals surface area (Å²) in [6, 6.07) is 6.47. The van der Waals surface area contributed by atoms with Gasteiger partial charge in [-0.15, -0.1) is 10.2 Å². The second-order valence-corrected chi connectivity index (χ2v) is 6.83. The molecule has 7 heteroatoms. The van der Waals surface area contributed by atoms with E-state index in [2.05, 4.69) is 10.2 Å². The predicted molar refractivity (Wildman–Crippen MR) is 89.3 cm³/mol. The van der Waals surface area contributed by atoms with Gasteiger partial charge >= 0.3 is 5.97 Å². The molecule has 0 spiro atoms. The Kier molecular flexibility index (Phi) is 3.99. The molecule has 2 heterocycles. The Balaban J connectivity index is 1.61. The maximum atomic E-state index is 13.0. The van der Waals surface area contributed by atoms with Crippen LogP contribution in [0, 0.1) is 5.92 Å². The number of hydrogen-bond acceptors (Lipinski definition) is 4. The number of carboxylic acids is 1. The molecule has 1 N–H and O–H groups in total. The molecule has 1 aromatic carbocycles. The quantitative estimate of drug-likeness (QED) is 0.924. The summed E-state index contributed by atoms with van der Waals surface area (Å²) >= 11 is 0. The molecule has 2 fully saturated rings. The van der Waals surface area contributed by atoms with Gasteiger partial charge in [-0.1, -0.05) is 12.8 Å². The van der Waals surface area contributed by atoms with Crippen molar-refractivity contribution in [1.29, 1.82) is 0 Å². The molecule has 0 unspecified atom stereocenters. The minimum Gasteiger partial charge on any atom is -0.480 e. The fraction of sp³-hybridized carbons (Fsp3) is 0.444. The fourth-order valence-corrected chi connectivity index (χ4v) is 4.23. The first-order valence-corrected chi connectivity index (χ1v) is 8.65. The van der Waals surface area contributed by atoms with E-state index in [1.54, 1.807) is 34.3 Å². The van der Waals surface area contributed by atoms with Crippen LogP contribution in [0.5, 0.6) is 0 Å². The second-order valence-electron chi connectivity index (χ2n) is 6.83. The van der Waals surface area contributed by atoms with Crippen LogP contribution in [0.3, 0.4) is 0 Å². The lowest BCUT2D eigenvalue weighted by Gasteiger charge is -2.33. The Labute approximate surface area is 145 Å². The number of aromatic nitrogens is 3. The predicted octanol–water partition coefficient (Wildman–Crippen LogP) is 2.13. The zero-order valence-corrected chi connectivity index (χ0v) is 13.8. The monoisotopic (exact) mass is 340 g/mol. The van der Waals surface area contributed by atoms with Crippen molar-refractivity contribution >= 4 is 11.9 Å². The highest BCUT2D eigenvalue weighted by molar-refractivity contribution is 5.97. The van der Waals surface area contributed by atoms with E-state index in [9.17, 15) is 14.7 Å².